The number of hydrogen-bond acceptors (Lipinski definition) is 2. The number of piperidine rings is 1. The van der Waals surface area contributed by atoms with Crippen LogP contribution in [-0.4, -0.2) is 34.8 Å². The first-order chi connectivity index (χ1) is 11.4. The fourth-order valence-corrected chi connectivity index (χ4v) is 3.97. The van der Waals surface area contributed by atoms with Gasteiger partial charge in [0.25, 0.3) is 0 Å². The molecule has 5 heteroatoms. The second-order valence-corrected chi connectivity index (χ2v) is 7.41. The van der Waals surface area contributed by atoms with Crippen molar-refractivity contribution in [2.45, 2.75) is 57.8 Å². The summed E-state index contributed by atoms with van der Waals surface area (Å²) in [6.07, 6.45) is 5.27. The molecule has 0 atom stereocenters. The van der Waals surface area contributed by atoms with Crippen molar-refractivity contribution in [2.24, 2.45) is 11.8 Å². The molecular formula is C19H26F2N2O. The summed E-state index contributed by atoms with van der Waals surface area (Å²) in [6.45, 7) is 3.53. The summed E-state index contributed by atoms with van der Waals surface area (Å²) < 4.78 is 26.5. The molecule has 2 heterocycles. The lowest BCUT2D eigenvalue weighted by molar-refractivity contribution is -0.141. The molecule has 1 saturated carbocycles. The van der Waals surface area contributed by atoms with Crippen LogP contribution in [0.5, 0.6) is 0 Å². The maximum Gasteiger partial charge on any atom is 0.248 e. The van der Waals surface area contributed by atoms with Gasteiger partial charge in [-0.25, -0.2) is 8.78 Å². The normalized spacial score (nSPS) is 22.5. The summed E-state index contributed by atoms with van der Waals surface area (Å²) in [7, 11) is 0. The average molecular weight is 336 g/mol. The predicted molar refractivity (Wildman–Crippen MR) is 88.9 cm³/mol. The Balaban J connectivity index is 1.47. The number of carbonyl (C=O) groups excluding carboxylic acids is 1. The van der Waals surface area contributed by atoms with Crippen LogP contribution < -0.4 is 0 Å². The molecule has 0 spiro atoms. The van der Waals surface area contributed by atoms with Crippen LogP contribution in [0, 0.1) is 18.8 Å². The second-order valence-electron chi connectivity index (χ2n) is 7.41. The van der Waals surface area contributed by atoms with E-state index < -0.39 is 5.92 Å². The highest BCUT2D eigenvalue weighted by atomic mass is 19.3. The van der Waals surface area contributed by atoms with E-state index in [1.54, 1.807) is 0 Å². The van der Waals surface area contributed by atoms with E-state index in [2.05, 4.69) is 17.1 Å². The Hall–Kier alpha value is -1.52. The zero-order chi connectivity index (χ0) is 17.2. The molecule has 0 bridgehead atoms. The maximum atomic E-state index is 13.2. The van der Waals surface area contributed by atoms with Gasteiger partial charge in [-0.2, -0.15) is 0 Å². The molecule has 1 aromatic heterocycles. The fourth-order valence-electron chi connectivity index (χ4n) is 3.97. The van der Waals surface area contributed by atoms with Crippen LogP contribution in [-0.2, 0) is 11.2 Å². The predicted octanol–water partition coefficient (Wildman–Crippen LogP) is 4.00. The Bertz CT molecular complexity index is 572. The van der Waals surface area contributed by atoms with Crippen molar-refractivity contribution in [2.75, 3.05) is 13.1 Å². The van der Waals surface area contributed by atoms with Crippen molar-refractivity contribution in [3.8, 4) is 0 Å². The molecule has 24 heavy (non-hydrogen) atoms. The number of carbonyl (C=O) groups is 1. The van der Waals surface area contributed by atoms with Crippen molar-refractivity contribution in [3.05, 3.63) is 29.6 Å². The summed E-state index contributed by atoms with van der Waals surface area (Å²) in [4.78, 5) is 18.7. The summed E-state index contributed by atoms with van der Waals surface area (Å²) in [6, 6.07) is 4.19. The Kier molecular flexibility index (Phi) is 5.16. The first-order valence-electron chi connectivity index (χ1n) is 9.01. The van der Waals surface area contributed by atoms with Crippen molar-refractivity contribution < 1.29 is 13.6 Å². The van der Waals surface area contributed by atoms with Gasteiger partial charge in [0.1, 0.15) is 0 Å². The quantitative estimate of drug-likeness (QED) is 0.836. The summed E-state index contributed by atoms with van der Waals surface area (Å²) in [5, 5.41) is 0. The number of aromatic nitrogens is 1. The number of amides is 1. The minimum absolute atomic E-state index is 0.101. The molecule has 1 saturated heterocycles. The molecule has 1 aliphatic carbocycles. The zero-order valence-electron chi connectivity index (χ0n) is 14.3. The smallest absolute Gasteiger partial charge is 0.248 e. The van der Waals surface area contributed by atoms with Gasteiger partial charge in [0.05, 0.1) is 0 Å². The van der Waals surface area contributed by atoms with Gasteiger partial charge in [0.15, 0.2) is 0 Å². The molecule has 2 fully saturated rings. The van der Waals surface area contributed by atoms with E-state index >= 15 is 0 Å². The Morgan fingerprint density at radius 2 is 1.92 bits per heavy atom. The average Bonchev–Trinajstić information content (AvgIpc) is 2.55. The van der Waals surface area contributed by atoms with Crippen LogP contribution in [0.1, 0.15) is 49.8 Å². The highest BCUT2D eigenvalue weighted by molar-refractivity contribution is 5.79. The van der Waals surface area contributed by atoms with Gasteiger partial charge >= 0.3 is 0 Å². The second kappa shape index (κ2) is 7.16. The van der Waals surface area contributed by atoms with E-state index in [-0.39, 0.29) is 24.7 Å². The molecule has 2 aliphatic rings. The van der Waals surface area contributed by atoms with Gasteiger partial charge in [-0.05, 0) is 62.6 Å². The maximum absolute atomic E-state index is 13.2. The van der Waals surface area contributed by atoms with Gasteiger partial charge < -0.3 is 4.90 Å². The minimum Gasteiger partial charge on any atom is -0.342 e. The molecule has 3 nitrogen and oxygen atoms in total. The molecule has 3 rings (SSSR count). The molecule has 0 N–H and O–H groups in total. The monoisotopic (exact) mass is 336 g/mol. The molecule has 0 aromatic carbocycles. The van der Waals surface area contributed by atoms with Crippen LogP contribution >= 0.6 is 0 Å². The topological polar surface area (TPSA) is 33.2 Å². The molecular weight excluding hydrogens is 310 g/mol. The van der Waals surface area contributed by atoms with Gasteiger partial charge in [-0.1, -0.05) is 0 Å². The number of alkyl halides is 2. The summed E-state index contributed by atoms with van der Waals surface area (Å²) in [5.41, 5.74) is 2.34. The van der Waals surface area contributed by atoms with E-state index in [0.29, 0.717) is 18.8 Å². The van der Waals surface area contributed by atoms with E-state index in [9.17, 15) is 13.6 Å². The lowest BCUT2D eigenvalue weighted by atomic mass is 9.84. The van der Waals surface area contributed by atoms with E-state index in [4.69, 9.17) is 0 Å². The number of aryl methyl sites for hydroxylation is 1. The van der Waals surface area contributed by atoms with Gasteiger partial charge in [-0.3, -0.25) is 9.78 Å². The van der Waals surface area contributed by atoms with Crippen LogP contribution in [0.4, 0.5) is 8.78 Å². The third-order valence-corrected chi connectivity index (χ3v) is 5.48. The van der Waals surface area contributed by atoms with Gasteiger partial charge in [0.2, 0.25) is 11.8 Å². The number of rotatable bonds is 3. The van der Waals surface area contributed by atoms with Crippen molar-refractivity contribution in [1.82, 2.24) is 9.88 Å². The van der Waals surface area contributed by atoms with E-state index in [1.165, 1.54) is 5.56 Å². The van der Waals surface area contributed by atoms with Crippen molar-refractivity contribution in [1.29, 1.82) is 0 Å². The Morgan fingerprint density at radius 1 is 1.25 bits per heavy atom. The van der Waals surface area contributed by atoms with Gasteiger partial charge in [0, 0.05) is 43.7 Å². The summed E-state index contributed by atoms with van der Waals surface area (Å²) >= 11 is 0. The molecule has 0 unspecified atom stereocenters. The largest absolute Gasteiger partial charge is 0.342 e. The Labute approximate surface area is 142 Å². The minimum atomic E-state index is -2.56. The third kappa shape index (κ3) is 4.31. The van der Waals surface area contributed by atoms with E-state index in [0.717, 1.165) is 38.0 Å². The third-order valence-electron chi connectivity index (χ3n) is 5.48. The number of likely N-dealkylation sites (tertiary alicyclic amines) is 1. The molecule has 1 amide bonds. The van der Waals surface area contributed by atoms with Crippen LogP contribution in [0.25, 0.3) is 0 Å². The standard InChI is InChI=1S/C19H26F2N2O/c1-14-12-16(4-9-22-14)13-15-5-10-23(11-6-15)18(24)17-2-7-19(20,21)8-3-17/h4,9,12,15,17H,2-3,5-8,10-11,13H2,1H3. The number of nitrogens with zero attached hydrogens (tertiary/aromatic N) is 2. The first-order valence-corrected chi connectivity index (χ1v) is 9.01. The number of halogens is 2. The first kappa shape index (κ1) is 17.3. The van der Waals surface area contributed by atoms with Crippen molar-refractivity contribution >= 4 is 5.91 Å². The lowest BCUT2D eigenvalue weighted by Gasteiger charge is -2.36. The highest BCUT2D eigenvalue weighted by Gasteiger charge is 2.39. The fraction of sp³-hybridized carbons (Fsp3) is 0.684. The highest BCUT2D eigenvalue weighted by Crippen LogP contribution is 2.37. The number of pyridine rings is 1. The molecule has 0 radical (unpaired) electrons. The molecule has 132 valence electrons. The van der Waals surface area contributed by atoms with Crippen LogP contribution in [0.3, 0.4) is 0 Å². The Morgan fingerprint density at radius 3 is 2.54 bits per heavy atom. The number of hydrogen-bond donors (Lipinski definition) is 0. The van der Waals surface area contributed by atoms with Crippen LogP contribution in [0.2, 0.25) is 0 Å². The SMILES string of the molecule is Cc1cc(CC2CCN(C(=O)C3CCC(F)(F)CC3)CC2)ccn1. The molecule has 1 aromatic rings. The van der Waals surface area contributed by atoms with Gasteiger partial charge in [-0.15, -0.1) is 0 Å². The van der Waals surface area contributed by atoms with Crippen molar-refractivity contribution in [3.63, 3.8) is 0 Å². The summed E-state index contributed by atoms with van der Waals surface area (Å²) in [5.74, 6) is -2.06. The van der Waals surface area contributed by atoms with Crippen LogP contribution in [0.15, 0.2) is 18.3 Å². The van der Waals surface area contributed by atoms with E-state index in [1.807, 2.05) is 18.0 Å². The zero-order valence-corrected chi connectivity index (χ0v) is 14.3. The molecule has 1 aliphatic heterocycles. The lowest BCUT2D eigenvalue weighted by Crippen LogP contribution is -2.43.